The molecular weight excluding hydrogens is 271 g/mol. The van der Waals surface area contributed by atoms with E-state index >= 15 is 0 Å². The van der Waals surface area contributed by atoms with Crippen LogP contribution in [0.3, 0.4) is 0 Å². The Labute approximate surface area is 125 Å². The molecule has 1 fully saturated rings. The molecule has 1 aromatic rings. The summed E-state index contributed by atoms with van der Waals surface area (Å²) < 4.78 is 19.0. The first kappa shape index (κ1) is 15.8. The number of rotatable bonds is 5. The van der Waals surface area contributed by atoms with Gasteiger partial charge in [-0.3, -0.25) is 4.79 Å². The van der Waals surface area contributed by atoms with E-state index in [1.54, 1.807) is 11.0 Å². The molecule has 116 valence electrons. The number of likely N-dealkylation sites (tertiary alicyclic amines) is 1. The maximum Gasteiger partial charge on any atom is 0.256 e. The van der Waals surface area contributed by atoms with E-state index in [0.717, 1.165) is 25.8 Å². The summed E-state index contributed by atoms with van der Waals surface area (Å²) in [4.78, 5) is 14.2. The lowest BCUT2D eigenvalue weighted by molar-refractivity contribution is 0.0690. The Morgan fingerprint density at radius 3 is 3.00 bits per heavy atom. The second-order valence-corrected chi connectivity index (χ2v) is 5.39. The summed E-state index contributed by atoms with van der Waals surface area (Å²) >= 11 is 0. The summed E-state index contributed by atoms with van der Waals surface area (Å²) in [6.07, 6.45) is 3.08. The zero-order chi connectivity index (χ0) is 15.2. The Kier molecular flexibility index (Phi) is 5.56. The molecule has 1 N–H and O–H groups in total. The standard InChI is InChI=1S/C16H23FN2O2/c1-3-8-18-12-5-4-9-19(11-12)16(20)14-7-6-13(21-2)10-15(14)17/h6-7,10,12,18H,3-5,8-9,11H2,1-2H3. The van der Waals surface area contributed by atoms with Crippen molar-refractivity contribution in [1.29, 1.82) is 0 Å². The molecule has 0 spiro atoms. The van der Waals surface area contributed by atoms with Crippen molar-refractivity contribution < 1.29 is 13.9 Å². The number of carbonyl (C=O) groups excluding carboxylic acids is 1. The molecule has 0 aliphatic carbocycles. The van der Waals surface area contributed by atoms with Crippen LogP contribution >= 0.6 is 0 Å². The van der Waals surface area contributed by atoms with Crippen LogP contribution in [0, 0.1) is 5.82 Å². The molecular formula is C16H23FN2O2. The van der Waals surface area contributed by atoms with Gasteiger partial charge in [0.25, 0.3) is 5.91 Å². The summed E-state index contributed by atoms with van der Waals surface area (Å²) in [5.41, 5.74) is 0.118. The first-order valence-corrected chi connectivity index (χ1v) is 7.52. The predicted molar refractivity (Wildman–Crippen MR) is 80.2 cm³/mol. The Bertz CT molecular complexity index is 493. The zero-order valence-corrected chi connectivity index (χ0v) is 12.7. The average molecular weight is 294 g/mol. The molecule has 1 unspecified atom stereocenters. The Hall–Kier alpha value is -1.62. The molecule has 1 aliphatic heterocycles. The molecule has 0 saturated carbocycles. The third kappa shape index (κ3) is 3.94. The van der Waals surface area contributed by atoms with Gasteiger partial charge >= 0.3 is 0 Å². The molecule has 1 amide bonds. The molecule has 1 aliphatic rings. The van der Waals surface area contributed by atoms with Crippen LogP contribution in [0.1, 0.15) is 36.5 Å². The quantitative estimate of drug-likeness (QED) is 0.907. The molecule has 1 atom stereocenters. The number of hydrogen-bond donors (Lipinski definition) is 1. The highest BCUT2D eigenvalue weighted by atomic mass is 19.1. The van der Waals surface area contributed by atoms with Gasteiger partial charge < -0.3 is 15.0 Å². The van der Waals surface area contributed by atoms with Crippen molar-refractivity contribution in [2.75, 3.05) is 26.7 Å². The minimum atomic E-state index is -0.525. The van der Waals surface area contributed by atoms with Gasteiger partial charge in [0, 0.05) is 25.2 Å². The third-order valence-corrected chi connectivity index (χ3v) is 3.80. The van der Waals surface area contributed by atoms with Crippen molar-refractivity contribution >= 4 is 5.91 Å². The lowest BCUT2D eigenvalue weighted by Crippen LogP contribution is -2.48. The highest BCUT2D eigenvalue weighted by Crippen LogP contribution is 2.20. The Balaban J connectivity index is 2.05. The predicted octanol–water partition coefficient (Wildman–Crippen LogP) is 2.44. The zero-order valence-electron chi connectivity index (χ0n) is 12.7. The molecule has 5 heteroatoms. The van der Waals surface area contributed by atoms with Crippen molar-refractivity contribution in [3.8, 4) is 5.75 Å². The summed E-state index contributed by atoms with van der Waals surface area (Å²) in [6, 6.07) is 4.68. The fourth-order valence-electron chi connectivity index (χ4n) is 2.64. The Morgan fingerprint density at radius 1 is 1.52 bits per heavy atom. The van der Waals surface area contributed by atoms with E-state index in [2.05, 4.69) is 12.2 Å². The molecule has 1 aromatic carbocycles. The van der Waals surface area contributed by atoms with Gasteiger partial charge in [-0.05, 0) is 37.9 Å². The van der Waals surface area contributed by atoms with Gasteiger partial charge in [-0.25, -0.2) is 4.39 Å². The monoisotopic (exact) mass is 294 g/mol. The highest BCUT2D eigenvalue weighted by Gasteiger charge is 2.25. The fourth-order valence-corrected chi connectivity index (χ4v) is 2.64. The number of amides is 1. The maximum absolute atomic E-state index is 14.0. The molecule has 1 heterocycles. The number of nitrogens with one attached hydrogen (secondary N) is 1. The van der Waals surface area contributed by atoms with Crippen molar-refractivity contribution in [3.05, 3.63) is 29.6 Å². The van der Waals surface area contributed by atoms with E-state index in [0.29, 0.717) is 24.9 Å². The topological polar surface area (TPSA) is 41.6 Å². The van der Waals surface area contributed by atoms with E-state index in [1.165, 1.54) is 19.2 Å². The average Bonchev–Trinajstić information content (AvgIpc) is 2.52. The Morgan fingerprint density at radius 2 is 2.33 bits per heavy atom. The SMILES string of the molecule is CCCNC1CCCN(C(=O)c2ccc(OC)cc2F)C1. The van der Waals surface area contributed by atoms with Gasteiger partial charge in [0.15, 0.2) is 0 Å². The van der Waals surface area contributed by atoms with Crippen LogP contribution in [0.5, 0.6) is 5.75 Å². The van der Waals surface area contributed by atoms with Crippen molar-refractivity contribution in [2.45, 2.75) is 32.2 Å². The number of benzene rings is 1. The number of hydrogen-bond acceptors (Lipinski definition) is 3. The minimum Gasteiger partial charge on any atom is -0.497 e. The van der Waals surface area contributed by atoms with Crippen LogP contribution in [0.2, 0.25) is 0 Å². The van der Waals surface area contributed by atoms with Crippen LogP contribution in [0.4, 0.5) is 4.39 Å². The summed E-state index contributed by atoms with van der Waals surface area (Å²) in [5, 5.41) is 3.43. The molecule has 1 saturated heterocycles. The van der Waals surface area contributed by atoms with E-state index in [9.17, 15) is 9.18 Å². The maximum atomic E-state index is 14.0. The smallest absolute Gasteiger partial charge is 0.256 e. The lowest BCUT2D eigenvalue weighted by atomic mass is 10.0. The number of halogens is 1. The van der Waals surface area contributed by atoms with Crippen molar-refractivity contribution in [2.24, 2.45) is 0 Å². The van der Waals surface area contributed by atoms with E-state index in [1.807, 2.05) is 0 Å². The van der Waals surface area contributed by atoms with Crippen molar-refractivity contribution in [3.63, 3.8) is 0 Å². The molecule has 2 rings (SSSR count). The molecule has 21 heavy (non-hydrogen) atoms. The van der Waals surface area contributed by atoms with Gasteiger partial charge in [-0.2, -0.15) is 0 Å². The number of methoxy groups -OCH3 is 1. The van der Waals surface area contributed by atoms with Gasteiger partial charge in [0.05, 0.1) is 12.7 Å². The largest absolute Gasteiger partial charge is 0.497 e. The van der Waals surface area contributed by atoms with Crippen LogP contribution in [0.25, 0.3) is 0 Å². The van der Waals surface area contributed by atoms with E-state index in [4.69, 9.17) is 4.74 Å². The van der Waals surface area contributed by atoms with Crippen LogP contribution < -0.4 is 10.1 Å². The first-order valence-electron chi connectivity index (χ1n) is 7.52. The van der Waals surface area contributed by atoms with E-state index in [-0.39, 0.29) is 11.5 Å². The minimum absolute atomic E-state index is 0.118. The lowest BCUT2D eigenvalue weighted by Gasteiger charge is -2.33. The van der Waals surface area contributed by atoms with Crippen LogP contribution in [0.15, 0.2) is 18.2 Å². The first-order chi connectivity index (χ1) is 10.2. The normalized spacial score (nSPS) is 18.6. The van der Waals surface area contributed by atoms with Gasteiger partial charge in [0.1, 0.15) is 11.6 Å². The molecule has 0 aromatic heterocycles. The van der Waals surface area contributed by atoms with Crippen molar-refractivity contribution in [1.82, 2.24) is 10.2 Å². The summed E-state index contributed by atoms with van der Waals surface area (Å²) in [7, 11) is 1.48. The second kappa shape index (κ2) is 7.41. The number of ether oxygens (including phenoxy) is 1. The second-order valence-electron chi connectivity index (χ2n) is 5.39. The summed E-state index contributed by atoms with van der Waals surface area (Å²) in [6.45, 7) is 4.40. The van der Waals surface area contributed by atoms with Gasteiger partial charge in [-0.1, -0.05) is 6.92 Å². The summed E-state index contributed by atoms with van der Waals surface area (Å²) in [5.74, 6) is -0.341. The van der Waals surface area contributed by atoms with Gasteiger partial charge in [0.2, 0.25) is 0 Å². The molecule has 4 nitrogen and oxygen atoms in total. The highest BCUT2D eigenvalue weighted by molar-refractivity contribution is 5.94. The number of nitrogens with zero attached hydrogens (tertiary/aromatic N) is 1. The number of carbonyl (C=O) groups is 1. The fraction of sp³-hybridized carbons (Fsp3) is 0.562. The van der Waals surface area contributed by atoms with Crippen LogP contribution in [-0.2, 0) is 0 Å². The molecule has 0 bridgehead atoms. The molecule has 0 radical (unpaired) electrons. The third-order valence-electron chi connectivity index (χ3n) is 3.80. The van der Waals surface area contributed by atoms with E-state index < -0.39 is 5.82 Å². The van der Waals surface area contributed by atoms with Gasteiger partial charge in [-0.15, -0.1) is 0 Å². The number of piperidine rings is 1. The van der Waals surface area contributed by atoms with Crippen LogP contribution in [-0.4, -0.2) is 43.6 Å².